The van der Waals surface area contributed by atoms with Crippen molar-refractivity contribution in [3.63, 3.8) is 0 Å². The molecule has 0 heterocycles. The van der Waals surface area contributed by atoms with E-state index in [-0.39, 0.29) is 18.2 Å². The molecule has 1 unspecified atom stereocenters. The lowest BCUT2D eigenvalue weighted by Gasteiger charge is -2.30. The number of carbonyl (C=O) groups excluding carboxylic acids is 2. The molecule has 150 valence electrons. The first kappa shape index (κ1) is 22.0. The first-order valence-corrected chi connectivity index (χ1v) is 10.3. The summed E-state index contributed by atoms with van der Waals surface area (Å²) < 4.78 is 0. The summed E-state index contributed by atoms with van der Waals surface area (Å²) in [5.41, 5.74) is 2.00. The number of benzene rings is 2. The van der Waals surface area contributed by atoms with Crippen LogP contribution >= 0.6 is 11.6 Å². The number of hydrogen-bond donors (Lipinski definition) is 1. The van der Waals surface area contributed by atoms with Gasteiger partial charge in [-0.15, -0.1) is 0 Å². The molecule has 1 atom stereocenters. The fourth-order valence-electron chi connectivity index (χ4n) is 3.19. The van der Waals surface area contributed by atoms with Crippen molar-refractivity contribution < 1.29 is 9.59 Å². The number of amides is 2. The van der Waals surface area contributed by atoms with E-state index in [9.17, 15) is 9.59 Å². The second-order valence-corrected chi connectivity index (χ2v) is 7.28. The molecule has 0 aliphatic heterocycles. The van der Waals surface area contributed by atoms with E-state index in [1.165, 1.54) is 0 Å². The van der Waals surface area contributed by atoms with Crippen LogP contribution < -0.4 is 5.32 Å². The normalized spacial score (nSPS) is 11.7. The van der Waals surface area contributed by atoms with Gasteiger partial charge in [-0.3, -0.25) is 9.59 Å². The van der Waals surface area contributed by atoms with Gasteiger partial charge in [0.05, 0.1) is 6.42 Å². The van der Waals surface area contributed by atoms with Crippen LogP contribution in [0, 0.1) is 0 Å². The van der Waals surface area contributed by atoms with Crippen LogP contribution in [0.15, 0.2) is 54.6 Å². The van der Waals surface area contributed by atoms with Gasteiger partial charge in [-0.05, 0) is 42.5 Å². The van der Waals surface area contributed by atoms with Crippen LogP contribution in [-0.4, -0.2) is 35.8 Å². The van der Waals surface area contributed by atoms with Crippen LogP contribution in [0.3, 0.4) is 0 Å². The molecule has 0 saturated carbocycles. The largest absolute Gasteiger partial charge is 0.354 e. The predicted octanol–water partition coefficient (Wildman–Crippen LogP) is 4.26. The number of hydrogen-bond acceptors (Lipinski definition) is 2. The first-order chi connectivity index (χ1) is 13.5. The second kappa shape index (κ2) is 11.5. The van der Waals surface area contributed by atoms with Crippen molar-refractivity contribution in [3.8, 4) is 0 Å². The molecule has 2 aromatic carbocycles. The van der Waals surface area contributed by atoms with Gasteiger partial charge in [0.25, 0.3) is 0 Å². The lowest BCUT2D eigenvalue weighted by atomic mass is 10.1. The quantitative estimate of drug-likeness (QED) is 0.647. The number of nitrogens with zero attached hydrogens (tertiary/aromatic N) is 1. The van der Waals surface area contributed by atoms with E-state index in [4.69, 9.17) is 11.6 Å². The van der Waals surface area contributed by atoms with Crippen molar-refractivity contribution in [1.82, 2.24) is 10.2 Å². The maximum Gasteiger partial charge on any atom is 0.242 e. The van der Waals surface area contributed by atoms with E-state index < -0.39 is 6.04 Å². The van der Waals surface area contributed by atoms with Gasteiger partial charge in [-0.25, -0.2) is 0 Å². The van der Waals surface area contributed by atoms with Gasteiger partial charge in [-0.2, -0.15) is 0 Å². The first-order valence-electron chi connectivity index (χ1n) is 9.90. The summed E-state index contributed by atoms with van der Waals surface area (Å²) in [6, 6.07) is 16.9. The molecular weight excluding hydrogens is 372 g/mol. The topological polar surface area (TPSA) is 49.4 Å². The fraction of sp³-hybridized carbons (Fsp3) is 0.391. The number of rotatable bonds is 10. The Morgan fingerprint density at radius 1 is 1.04 bits per heavy atom. The minimum absolute atomic E-state index is 0.0586. The van der Waals surface area contributed by atoms with Crippen molar-refractivity contribution in [2.75, 3.05) is 13.1 Å². The smallest absolute Gasteiger partial charge is 0.242 e. The van der Waals surface area contributed by atoms with E-state index in [0.29, 0.717) is 31.0 Å². The highest BCUT2D eigenvalue weighted by Crippen LogP contribution is 2.15. The second-order valence-electron chi connectivity index (χ2n) is 6.84. The molecule has 4 nitrogen and oxygen atoms in total. The zero-order chi connectivity index (χ0) is 20.4. The standard InChI is InChI=1S/C23H29ClN2O2/c1-3-14-25-23(28)21(4-2)26(15-13-18-9-6-5-7-10-18)22(27)17-19-11-8-12-20(24)16-19/h5-12,16,21H,3-4,13-15,17H2,1-2H3,(H,25,28). The van der Waals surface area contributed by atoms with Crippen LogP contribution in [0.25, 0.3) is 0 Å². The molecule has 0 radical (unpaired) electrons. The zero-order valence-corrected chi connectivity index (χ0v) is 17.4. The third kappa shape index (κ3) is 6.68. The molecule has 0 aliphatic rings. The van der Waals surface area contributed by atoms with Crippen molar-refractivity contribution >= 4 is 23.4 Å². The summed E-state index contributed by atoms with van der Waals surface area (Å²) in [6.45, 7) is 5.07. The third-order valence-corrected chi connectivity index (χ3v) is 4.90. The van der Waals surface area contributed by atoms with Crippen LogP contribution in [0.5, 0.6) is 0 Å². The van der Waals surface area contributed by atoms with E-state index in [1.807, 2.05) is 56.3 Å². The minimum Gasteiger partial charge on any atom is -0.354 e. The average molecular weight is 401 g/mol. The van der Waals surface area contributed by atoms with Crippen molar-refractivity contribution in [3.05, 3.63) is 70.7 Å². The summed E-state index contributed by atoms with van der Waals surface area (Å²) in [7, 11) is 0. The Hall–Kier alpha value is -2.33. The molecule has 0 spiro atoms. The Kier molecular flexibility index (Phi) is 9.02. The third-order valence-electron chi connectivity index (χ3n) is 4.66. The van der Waals surface area contributed by atoms with Crippen molar-refractivity contribution in [2.45, 2.75) is 45.6 Å². The van der Waals surface area contributed by atoms with Crippen molar-refractivity contribution in [2.24, 2.45) is 0 Å². The Balaban J connectivity index is 2.17. The Bertz CT molecular complexity index is 764. The predicted molar refractivity (Wildman–Crippen MR) is 114 cm³/mol. The molecule has 2 rings (SSSR count). The molecule has 2 aromatic rings. The highest BCUT2D eigenvalue weighted by Gasteiger charge is 2.28. The van der Waals surface area contributed by atoms with E-state index in [2.05, 4.69) is 5.32 Å². The Morgan fingerprint density at radius 2 is 1.75 bits per heavy atom. The Labute approximate surface area is 172 Å². The van der Waals surface area contributed by atoms with Crippen LogP contribution in [0.1, 0.15) is 37.8 Å². The van der Waals surface area contributed by atoms with Gasteiger partial charge >= 0.3 is 0 Å². The van der Waals surface area contributed by atoms with Crippen molar-refractivity contribution in [1.29, 1.82) is 0 Å². The molecule has 0 fully saturated rings. The number of carbonyl (C=O) groups is 2. The minimum atomic E-state index is -0.470. The Morgan fingerprint density at radius 3 is 2.39 bits per heavy atom. The van der Waals surface area contributed by atoms with E-state index >= 15 is 0 Å². The van der Waals surface area contributed by atoms with E-state index in [1.54, 1.807) is 17.0 Å². The molecule has 28 heavy (non-hydrogen) atoms. The molecule has 5 heteroatoms. The van der Waals surface area contributed by atoms with Gasteiger partial charge in [0.2, 0.25) is 11.8 Å². The van der Waals surface area contributed by atoms with Gasteiger partial charge in [0.15, 0.2) is 0 Å². The maximum absolute atomic E-state index is 13.1. The molecule has 0 aromatic heterocycles. The van der Waals surface area contributed by atoms with Crippen LogP contribution in [0.4, 0.5) is 0 Å². The maximum atomic E-state index is 13.1. The number of nitrogens with one attached hydrogen (secondary N) is 1. The highest BCUT2D eigenvalue weighted by molar-refractivity contribution is 6.30. The SMILES string of the molecule is CCCNC(=O)C(CC)N(CCc1ccccc1)C(=O)Cc1cccc(Cl)c1. The lowest BCUT2D eigenvalue weighted by Crippen LogP contribution is -2.50. The van der Waals surface area contributed by atoms with Gasteiger partial charge < -0.3 is 10.2 Å². The van der Waals surface area contributed by atoms with Gasteiger partial charge in [0, 0.05) is 18.1 Å². The molecule has 2 amide bonds. The zero-order valence-electron chi connectivity index (χ0n) is 16.7. The van der Waals surface area contributed by atoms with Gasteiger partial charge in [-0.1, -0.05) is 67.9 Å². The van der Waals surface area contributed by atoms with E-state index in [0.717, 1.165) is 17.5 Å². The summed E-state index contributed by atoms with van der Waals surface area (Å²) in [6.07, 6.45) is 2.38. The monoisotopic (exact) mass is 400 g/mol. The molecular formula is C23H29ClN2O2. The molecule has 0 aliphatic carbocycles. The van der Waals surface area contributed by atoms with Crippen LogP contribution in [-0.2, 0) is 22.4 Å². The van der Waals surface area contributed by atoms with Gasteiger partial charge in [0.1, 0.15) is 6.04 Å². The molecule has 0 bridgehead atoms. The summed E-state index contributed by atoms with van der Waals surface area (Å²) in [5.74, 6) is -0.145. The molecule has 0 saturated heterocycles. The molecule has 1 N–H and O–H groups in total. The fourth-order valence-corrected chi connectivity index (χ4v) is 3.40. The number of halogens is 1. The highest BCUT2D eigenvalue weighted by atomic mass is 35.5. The lowest BCUT2D eigenvalue weighted by molar-refractivity contribution is -0.140. The summed E-state index contributed by atoms with van der Waals surface area (Å²) in [5, 5.41) is 3.54. The average Bonchev–Trinajstić information content (AvgIpc) is 2.70. The van der Waals surface area contributed by atoms with Crippen LogP contribution in [0.2, 0.25) is 5.02 Å². The summed E-state index contributed by atoms with van der Waals surface area (Å²) >= 11 is 6.06. The summed E-state index contributed by atoms with van der Waals surface area (Å²) in [4.78, 5) is 27.5.